The van der Waals surface area contributed by atoms with E-state index in [0.717, 1.165) is 11.1 Å². The van der Waals surface area contributed by atoms with E-state index < -0.39 is 12.2 Å². The smallest absolute Gasteiger partial charge is 0.320 e. The van der Waals surface area contributed by atoms with Gasteiger partial charge in [0.25, 0.3) is 0 Å². The lowest BCUT2D eigenvalue weighted by Crippen LogP contribution is -2.37. The van der Waals surface area contributed by atoms with Crippen LogP contribution in [0.5, 0.6) is 0 Å². The first kappa shape index (κ1) is 12.0. The van der Waals surface area contributed by atoms with Crippen LogP contribution in [0.4, 0.5) is 13.2 Å². The van der Waals surface area contributed by atoms with E-state index in [0.29, 0.717) is 6.42 Å². The molecule has 0 saturated heterocycles. The molecule has 1 atom stereocenters. The Morgan fingerprint density at radius 3 is 2.20 bits per heavy atom. The Kier molecular flexibility index (Phi) is 3.74. The summed E-state index contributed by atoms with van der Waals surface area (Å²) in [6.45, 7) is 1.94. The van der Waals surface area contributed by atoms with Crippen LogP contribution in [0.25, 0.3) is 0 Å². The maximum atomic E-state index is 12.1. The van der Waals surface area contributed by atoms with Crippen molar-refractivity contribution in [1.82, 2.24) is 0 Å². The lowest BCUT2D eigenvalue weighted by Gasteiger charge is -2.15. The number of aryl methyl sites for hydroxylation is 2. The molecule has 0 aliphatic carbocycles. The number of hydrogen-bond donors (Lipinski definition) is 1. The summed E-state index contributed by atoms with van der Waals surface area (Å²) in [4.78, 5) is 0. The second-order valence-corrected chi connectivity index (χ2v) is 3.67. The third-order valence-electron chi connectivity index (χ3n) is 2.29. The summed E-state index contributed by atoms with van der Waals surface area (Å²) in [7, 11) is 0. The van der Waals surface area contributed by atoms with E-state index in [1.165, 1.54) is 0 Å². The second kappa shape index (κ2) is 4.66. The summed E-state index contributed by atoms with van der Waals surface area (Å²) >= 11 is 0. The van der Waals surface area contributed by atoms with Crippen LogP contribution in [-0.2, 0) is 6.42 Å². The van der Waals surface area contributed by atoms with Gasteiger partial charge in [-0.1, -0.05) is 29.8 Å². The molecule has 1 aromatic rings. The van der Waals surface area contributed by atoms with Crippen LogP contribution >= 0.6 is 0 Å². The minimum Gasteiger partial charge on any atom is -0.320 e. The van der Waals surface area contributed by atoms with E-state index in [4.69, 9.17) is 5.73 Å². The van der Waals surface area contributed by atoms with Crippen molar-refractivity contribution in [3.63, 3.8) is 0 Å². The second-order valence-electron chi connectivity index (χ2n) is 3.67. The van der Waals surface area contributed by atoms with E-state index in [1.54, 1.807) is 0 Å². The maximum absolute atomic E-state index is 12.1. The van der Waals surface area contributed by atoms with Crippen LogP contribution in [-0.4, -0.2) is 12.2 Å². The van der Waals surface area contributed by atoms with Crippen molar-refractivity contribution in [1.29, 1.82) is 0 Å². The van der Waals surface area contributed by atoms with Crippen molar-refractivity contribution < 1.29 is 13.2 Å². The van der Waals surface area contributed by atoms with Crippen molar-refractivity contribution >= 4 is 0 Å². The SMILES string of the molecule is Cc1ccc(CCC(N)C(F)(F)F)cc1. The fourth-order valence-electron chi connectivity index (χ4n) is 1.24. The molecular formula is C11H14F3N. The molecule has 0 aromatic heterocycles. The molecular weight excluding hydrogens is 203 g/mol. The zero-order chi connectivity index (χ0) is 11.5. The lowest BCUT2D eigenvalue weighted by molar-refractivity contribution is -0.148. The van der Waals surface area contributed by atoms with Gasteiger partial charge in [0.1, 0.15) is 6.04 Å². The summed E-state index contributed by atoms with van der Waals surface area (Å²) in [5, 5.41) is 0. The first-order valence-electron chi connectivity index (χ1n) is 4.77. The molecule has 2 N–H and O–H groups in total. The Hall–Kier alpha value is -1.03. The highest BCUT2D eigenvalue weighted by atomic mass is 19.4. The Morgan fingerprint density at radius 2 is 1.73 bits per heavy atom. The Labute approximate surface area is 87.1 Å². The summed E-state index contributed by atoms with van der Waals surface area (Å²) in [5.74, 6) is 0. The Morgan fingerprint density at radius 1 is 1.20 bits per heavy atom. The van der Waals surface area contributed by atoms with Crippen molar-refractivity contribution in [3.8, 4) is 0 Å². The van der Waals surface area contributed by atoms with Gasteiger partial charge in [0.15, 0.2) is 0 Å². The fraction of sp³-hybridized carbons (Fsp3) is 0.455. The predicted molar refractivity (Wildman–Crippen MR) is 53.5 cm³/mol. The molecule has 15 heavy (non-hydrogen) atoms. The van der Waals surface area contributed by atoms with E-state index >= 15 is 0 Å². The average molecular weight is 217 g/mol. The molecule has 4 heteroatoms. The van der Waals surface area contributed by atoms with Gasteiger partial charge in [-0.05, 0) is 25.3 Å². The number of alkyl halides is 3. The quantitative estimate of drug-likeness (QED) is 0.827. The Bertz CT molecular complexity index is 303. The first-order valence-corrected chi connectivity index (χ1v) is 4.77. The van der Waals surface area contributed by atoms with Crippen LogP contribution in [0.3, 0.4) is 0 Å². The standard InChI is InChI=1S/C11H14F3N/c1-8-2-4-9(5-3-8)6-7-10(15)11(12,13)14/h2-5,10H,6-7,15H2,1H3. The molecule has 0 saturated carbocycles. The van der Waals surface area contributed by atoms with E-state index in [1.807, 2.05) is 31.2 Å². The molecule has 0 aliphatic rings. The van der Waals surface area contributed by atoms with Crippen molar-refractivity contribution in [2.75, 3.05) is 0 Å². The van der Waals surface area contributed by atoms with E-state index in [9.17, 15) is 13.2 Å². The van der Waals surface area contributed by atoms with Crippen LogP contribution in [0.2, 0.25) is 0 Å². The van der Waals surface area contributed by atoms with Gasteiger partial charge in [0.2, 0.25) is 0 Å². The minimum absolute atomic E-state index is 0.0629. The van der Waals surface area contributed by atoms with Gasteiger partial charge in [-0.3, -0.25) is 0 Å². The predicted octanol–water partition coefficient (Wildman–Crippen LogP) is 2.82. The third kappa shape index (κ3) is 3.91. The topological polar surface area (TPSA) is 26.0 Å². The summed E-state index contributed by atoms with van der Waals surface area (Å²) in [5.41, 5.74) is 6.99. The van der Waals surface area contributed by atoms with Gasteiger partial charge < -0.3 is 5.73 Å². The highest BCUT2D eigenvalue weighted by Gasteiger charge is 2.35. The molecule has 0 radical (unpaired) electrons. The zero-order valence-corrected chi connectivity index (χ0v) is 8.51. The summed E-state index contributed by atoms with van der Waals surface area (Å²) in [6, 6.07) is 5.71. The third-order valence-corrected chi connectivity index (χ3v) is 2.29. The van der Waals surface area contributed by atoms with E-state index in [2.05, 4.69) is 0 Å². The molecule has 0 heterocycles. The molecule has 0 fully saturated rings. The number of nitrogens with two attached hydrogens (primary N) is 1. The molecule has 1 rings (SSSR count). The lowest BCUT2D eigenvalue weighted by atomic mass is 10.0. The molecule has 0 aliphatic heterocycles. The summed E-state index contributed by atoms with van der Waals surface area (Å²) < 4.78 is 36.3. The minimum atomic E-state index is -4.29. The van der Waals surface area contributed by atoms with Gasteiger partial charge in [-0.25, -0.2) is 0 Å². The normalized spacial score (nSPS) is 13.9. The molecule has 84 valence electrons. The number of halogens is 3. The number of benzene rings is 1. The zero-order valence-electron chi connectivity index (χ0n) is 8.51. The van der Waals surface area contributed by atoms with Crippen molar-refractivity contribution in [2.24, 2.45) is 5.73 Å². The van der Waals surface area contributed by atoms with Gasteiger partial charge >= 0.3 is 6.18 Å². The molecule has 1 unspecified atom stereocenters. The fourth-order valence-corrected chi connectivity index (χ4v) is 1.24. The molecule has 0 bridgehead atoms. The molecule has 1 nitrogen and oxygen atoms in total. The Balaban J connectivity index is 2.47. The van der Waals surface area contributed by atoms with Crippen LogP contribution in [0, 0.1) is 6.92 Å². The highest BCUT2D eigenvalue weighted by Crippen LogP contribution is 2.21. The maximum Gasteiger partial charge on any atom is 0.403 e. The molecule has 0 spiro atoms. The number of hydrogen-bond acceptors (Lipinski definition) is 1. The van der Waals surface area contributed by atoms with E-state index in [-0.39, 0.29) is 6.42 Å². The number of rotatable bonds is 3. The van der Waals surface area contributed by atoms with Gasteiger partial charge in [0, 0.05) is 0 Å². The molecule has 1 aromatic carbocycles. The largest absolute Gasteiger partial charge is 0.403 e. The average Bonchev–Trinajstić information content (AvgIpc) is 2.15. The van der Waals surface area contributed by atoms with Gasteiger partial charge in [0.05, 0.1) is 0 Å². The highest BCUT2D eigenvalue weighted by molar-refractivity contribution is 5.21. The van der Waals surface area contributed by atoms with Gasteiger partial charge in [-0.2, -0.15) is 13.2 Å². The monoisotopic (exact) mass is 217 g/mol. The summed E-state index contributed by atoms with van der Waals surface area (Å²) in [6.07, 6.45) is -3.99. The van der Waals surface area contributed by atoms with Crippen LogP contribution in [0.1, 0.15) is 17.5 Å². The molecule has 0 amide bonds. The first-order chi connectivity index (χ1) is 6.89. The van der Waals surface area contributed by atoms with Gasteiger partial charge in [-0.15, -0.1) is 0 Å². The van der Waals surface area contributed by atoms with Crippen LogP contribution < -0.4 is 5.73 Å². The van der Waals surface area contributed by atoms with Crippen molar-refractivity contribution in [3.05, 3.63) is 35.4 Å². The van der Waals surface area contributed by atoms with Crippen molar-refractivity contribution in [2.45, 2.75) is 32.0 Å². The van der Waals surface area contributed by atoms with Crippen LogP contribution in [0.15, 0.2) is 24.3 Å².